The maximum atomic E-state index is 9.21. The van der Waals surface area contributed by atoms with Gasteiger partial charge < -0.3 is 10.2 Å². The van der Waals surface area contributed by atoms with Crippen molar-refractivity contribution < 1.29 is 15.3 Å². The van der Waals surface area contributed by atoms with Crippen molar-refractivity contribution in [2.24, 2.45) is 10.2 Å². The predicted octanol–water partition coefficient (Wildman–Crippen LogP) is 0.855. The van der Waals surface area contributed by atoms with Crippen molar-refractivity contribution in [2.75, 3.05) is 6.26 Å². The Morgan fingerprint density at radius 1 is 1.00 bits per heavy atom. The average Bonchev–Trinajstić information content (AvgIpc) is 2.57. The van der Waals surface area contributed by atoms with Gasteiger partial charge in [-0.1, -0.05) is 11.8 Å². The summed E-state index contributed by atoms with van der Waals surface area (Å²) in [5, 5.41) is 30.0. The summed E-state index contributed by atoms with van der Waals surface area (Å²) in [6.07, 6.45) is 5.22. The number of hydrazone groups is 1. The molecule has 0 amide bonds. The molecule has 0 saturated heterocycles. The minimum Gasteiger partial charge on any atom is -0.508 e. The van der Waals surface area contributed by atoms with Crippen molar-refractivity contribution in [3.8, 4) is 11.5 Å². The van der Waals surface area contributed by atoms with E-state index >= 15 is 0 Å². The first-order valence-electron chi connectivity index (χ1n) is 6.75. The van der Waals surface area contributed by atoms with Crippen LogP contribution in [0.3, 0.4) is 0 Å². The van der Waals surface area contributed by atoms with Crippen LogP contribution in [0.1, 0.15) is 11.1 Å². The number of phenolic OH excluding ortho intramolecular Hbond substituents is 2. The highest BCUT2D eigenvalue weighted by atomic mass is 32.2. The van der Waals surface area contributed by atoms with E-state index in [0.29, 0.717) is 5.17 Å². The van der Waals surface area contributed by atoms with Gasteiger partial charge in [0.2, 0.25) is 5.17 Å². The molecule has 0 unspecified atom stereocenters. The predicted molar refractivity (Wildman–Crippen MR) is 94.0 cm³/mol. The first-order chi connectivity index (χ1) is 11.2. The van der Waals surface area contributed by atoms with Crippen LogP contribution in [-0.2, 0) is 0 Å². The lowest BCUT2D eigenvalue weighted by atomic mass is 10.2. The molecule has 4 N–H and O–H groups in total. The number of rotatable bonds is 4. The third kappa shape index (κ3) is 5.84. The quantitative estimate of drug-likeness (QED) is 0.380. The number of hydrogen-bond donors (Lipinski definition) is 4. The molecule has 2 rings (SSSR count). The first-order valence-corrected chi connectivity index (χ1v) is 7.97. The highest BCUT2D eigenvalue weighted by molar-refractivity contribution is 8.13. The number of nitrogens with zero attached hydrogens (tertiary/aromatic N) is 2. The van der Waals surface area contributed by atoms with Gasteiger partial charge in [0, 0.05) is 5.56 Å². The monoisotopic (exact) mass is 329 g/mol. The largest absolute Gasteiger partial charge is 0.508 e. The van der Waals surface area contributed by atoms with Gasteiger partial charge in [0.05, 0.1) is 6.21 Å². The summed E-state index contributed by atoms with van der Waals surface area (Å²) in [5.41, 5.74) is 4.67. The molecule has 6 nitrogen and oxygen atoms in total. The second kappa shape index (κ2) is 8.60. The minimum atomic E-state index is 0.214. The van der Waals surface area contributed by atoms with Crippen LogP contribution in [0.15, 0.2) is 58.7 Å². The molecule has 7 heteroatoms. The van der Waals surface area contributed by atoms with Crippen LogP contribution in [-0.4, -0.2) is 34.1 Å². The molecule has 0 radical (unpaired) electrons. The lowest BCUT2D eigenvalue weighted by molar-refractivity contribution is -0.499. The molecule has 0 aliphatic rings. The van der Waals surface area contributed by atoms with E-state index in [9.17, 15) is 10.2 Å². The summed E-state index contributed by atoms with van der Waals surface area (Å²) < 4.78 is 0. The van der Waals surface area contributed by atoms with Crippen LogP contribution in [0.5, 0.6) is 11.5 Å². The molecular formula is C16H17N4O2S+. The summed E-state index contributed by atoms with van der Waals surface area (Å²) >= 11 is 1.41. The van der Waals surface area contributed by atoms with Gasteiger partial charge in [-0.3, -0.25) is 0 Å². The Hall–Kier alpha value is -2.80. The van der Waals surface area contributed by atoms with Crippen LogP contribution >= 0.6 is 11.8 Å². The normalized spacial score (nSPS) is 12.1. The molecule has 23 heavy (non-hydrogen) atoms. The number of benzene rings is 2. The number of nitrogens with one attached hydrogen (secondary N) is 2. The zero-order chi connectivity index (χ0) is 16.5. The van der Waals surface area contributed by atoms with Gasteiger partial charge in [0.15, 0.2) is 6.21 Å². The van der Waals surface area contributed by atoms with E-state index in [2.05, 4.69) is 20.7 Å². The zero-order valence-corrected chi connectivity index (χ0v) is 13.3. The number of aromatic hydroxyl groups is 2. The number of hydrazine groups is 1. The second-order valence-corrected chi connectivity index (χ2v) is 5.25. The molecule has 2 aromatic carbocycles. The summed E-state index contributed by atoms with van der Waals surface area (Å²) in [7, 11) is 0. The van der Waals surface area contributed by atoms with Crippen molar-refractivity contribution in [3.05, 3.63) is 59.7 Å². The van der Waals surface area contributed by atoms with Gasteiger partial charge in [-0.2, -0.15) is 5.10 Å². The highest BCUT2D eigenvalue weighted by Crippen LogP contribution is 2.08. The topological polar surface area (TPSA) is 91.2 Å². The fourth-order valence-corrected chi connectivity index (χ4v) is 1.87. The first kappa shape index (κ1) is 16.6. The molecule has 0 bridgehead atoms. The van der Waals surface area contributed by atoms with E-state index in [1.165, 1.54) is 11.8 Å². The standard InChI is InChI=1S/C16H16N4O2S/c1-23-16(19-17-10-12-2-6-14(21)7-3-12)20-18-11-13-4-8-15(22)9-5-13/h2-11,21-22H,1H3,(H,19,20)/p+1/b17-10+,18-11+. The average molecular weight is 329 g/mol. The van der Waals surface area contributed by atoms with Crippen LogP contribution < -0.4 is 10.5 Å². The Morgan fingerprint density at radius 3 is 2.13 bits per heavy atom. The summed E-state index contributed by atoms with van der Waals surface area (Å²) in [6, 6.07) is 13.5. The van der Waals surface area contributed by atoms with Gasteiger partial charge in [-0.25, -0.2) is 0 Å². The molecule has 0 saturated carbocycles. The summed E-state index contributed by atoms with van der Waals surface area (Å²) in [4.78, 5) is 0. The van der Waals surface area contributed by atoms with E-state index in [4.69, 9.17) is 0 Å². The van der Waals surface area contributed by atoms with E-state index in [0.717, 1.165) is 11.1 Å². The molecule has 0 aromatic heterocycles. The van der Waals surface area contributed by atoms with Gasteiger partial charge in [0.1, 0.15) is 11.5 Å². The number of phenols is 2. The van der Waals surface area contributed by atoms with E-state index < -0.39 is 0 Å². The molecule has 0 atom stereocenters. The van der Waals surface area contributed by atoms with Crippen LogP contribution in [0.4, 0.5) is 0 Å². The highest BCUT2D eigenvalue weighted by Gasteiger charge is 1.97. The minimum absolute atomic E-state index is 0.214. The molecule has 118 valence electrons. The van der Waals surface area contributed by atoms with Crippen molar-refractivity contribution in [2.45, 2.75) is 0 Å². The van der Waals surface area contributed by atoms with Crippen molar-refractivity contribution in [1.29, 1.82) is 0 Å². The molecule has 0 aliphatic heterocycles. The van der Waals surface area contributed by atoms with Gasteiger partial charge in [-0.15, -0.1) is 15.6 Å². The SMILES string of the molecule is CS/C(=N\N=C\c1ccc(O)cc1)N/[NH+]=C/c1ccc(O)cc1. The number of amidine groups is 1. The zero-order valence-electron chi connectivity index (χ0n) is 12.5. The summed E-state index contributed by atoms with van der Waals surface area (Å²) in [6.45, 7) is 0. The Balaban J connectivity index is 1.93. The Morgan fingerprint density at radius 2 is 1.57 bits per heavy atom. The third-order valence-electron chi connectivity index (χ3n) is 2.75. The Kier molecular flexibility index (Phi) is 6.19. The molecule has 0 aliphatic carbocycles. The molecule has 0 fully saturated rings. The van der Waals surface area contributed by atoms with E-state index in [1.54, 1.807) is 61.0 Å². The Labute approximate surface area is 138 Å². The molecule has 0 heterocycles. The van der Waals surface area contributed by atoms with Gasteiger partial charge in [-0.05, 0) is 60.4 Å². The molecule has 0 spiro atoms. The van der Waals surface area contributed by atoms with Crippen molar-refractivity contribution >= 4 is 29.4 Å². The van der Waals surface area contributed by atoms with E-state index in [1.807, 2.05) is 6.26 Å². The van der Waals surface area contributed by atoms with Crippen LogP contribution in [0.2, 0.25) is 0 Å². The number of hydrogen-bond acceptors (Lipinski definition) is 5. The van der Waals surface area contributed by atoms with Crippen molar-refractivity contribution in [3.63, 3.8) is 0 Å². The van der Waals surface area contributed by atoms with Crippen molar-refractivity contribution in [1.82, 2.24) is 5.43 Å². The third-order valence-corrected chi connectivity index (χ3v) is 3.32. The second-order valence-electron chi connectivity index (χ2n) is 4.45. The lowest BCUT2D eigenvalue weighted by Gasteiger charge is -1.95. The van der Waals surface area contributed by atoms with E-state index in [-0.39, 0.29) is 11.5 Å². The molecule has 2 aromatic rings. The molecular weight excluding hydrogens is 312 g/mol. The van der Waals surface area contributed by atoms with Crippen LogP contribution in [0, 0.1) is 0 Å². The maximum Gasteiger partial charge on any atom is 0.239 e. The Bertz CT molecular complexity index is 710. The fourth-order valence-electron chi connectivity index (χ4n) is 1.58. The smallest absolute Gasteiger partial charge is 0.239 e. The van der Waals surface area contributed by atoms with Gasteiger partial charge in [0.25, 0.3) is 0 Å². The lowest BCUT2D eigenvalue weighted by Crippen LogP contribution is -2.81. The maximum absolute atomic E-state index is 9.21. The fraction of sp³-hybridized carbons (Fsp3) is 0.0625. The number of thioether (sulfide) groups is 1. The van der Waals surface area contributed by atoms with Crippen LogP contribution in [0.25, 0.3) is 0 Å². The summed E-state index contributed by atoms with van der Waals surface area (Å²) in [5.74, 6) is 0.441. The van der Waals surface area contributed by atoms with Gasteiger partial charge >= 0.3 is 0 Å².